The smallest absolute Gasteiger partial charge is 0.157 e. The van der Waals surface area contributed by atoms with Crippen molar-refractivity contribution in [1.29, 1.82) is 0 Å². The Hall–Kier alpha value is -0.490. The van der Waals surface area contributed by atoms with E-state index in [2.05, 4.69) is 22.2 Å². The number of rotatable bonds is 5. The van der Waals surface area contributed by atoms with Crippen LogP contribution in [0.25, 0.3) is 0 Å². The van der Waals surface area contributed by atoms with E-state index in [1.54, 1.807) is 11.3 Å². The second-order valence-corrected chi connectivity index (χ2v) is 6.71. The summed E-state index contributed by atoms with van der Waals surface area (Å²) in [5.41, 5.74) is 1.25. The number of nitrogens with zero attached hydrogens (tertiary/aromatic N) is 2. The highest BCUT2D eigenvalue weighted by Gasteiger charge is 2.27. The fraction of sp³-hybridized carbons (Fsp3) is 0.800. The van der Waals surface area contributed by atoms with Gasteiger partial charge in [-0.15, -0.1) is 11.3 Å². The third kappa shape index (κ3) is 3.58. The highest BCUT2D eigenvalue weighted by atomic mass is 32.1. The van der Waals surface area contributed by atoms with Gasteiger partial charge in [-0.2, -0.15) is 0 Å². The van der Waals surface area contributed by atoms with Crippen molar-refractivity contribution in [2.75, 3.05) is 26.3 Å². The first-order chi connectivity index (χ1) is 9.83. The van der Waals surface area contributed by atoms with Crippen molar-refractivity contribution in [2.45, 2.75) is 51.4 Å². The zero-order chi connectivity index (χ0) is 13.8. The number of aryl methyl sites for hydroxylation is 1. The van der Waals surface area contributed by atoms with Crippen LogP contribution in [0.3, 0.4) is 0 Å². The van der Waals surface area contributed by atoms with Gasteiger partial charge in [0.25, 0.3) is 0 Å². The average Bonchev–Trinajstić information content (AvgIpc) is 3.09. The topological polar surface area (TPSA) is 34.6 Å². The summed E-state index contributed by atoms with van der Waals surface area (Å²) in [5, 5.41) is 3.38. The molecule has 112 valence electrons. The second-order valence-electron chi connectivity index (χ2n) is 5.65. The predicted molar refractivity (Wildman–Crippen MR) is 79.9 cm³/mol. The van der Waals surface area contributed by atoms with Gasteiger partial charge in [-0.25, -0.2) is 4.98 Å². The molecule has 2 fully saturated rings. The van der Waals surface area contributed by atoms with Crippen LogP contribution >= 0.6 is 11.3 Å². The van der Waals surface area contributed by atoms with E-state index in [0.29, 0.717) is 6.04 Å². The Labute approximate surface area is 125 Å². The lowest BCUT2D eigenvalue weighted by molar-refractivity contribution is -0.164. The van der Waals surface area contributed by atoms with Gasteiger partial charge in [0, 0.05) is 18.5 Å². The van der Waals surface area contributed by atoms with E-state index in [9.17, 15) is 0 Å². The summed E-state index contributed by atoms with van der Waals surface area (Å²) in [4.78, 5) is 7.16. The molecular formula is C15H24N2O2S. The highest BCUT2D eigenvalue weighted by Crippen LogP contribution is 2.32. The Morgan fingerprint density at radius 2 is 2.35 bits per heavy atom. The lowest BCUT2D eigenvalue weighted by Gasteiger charge is -2.26. The maximum absolute atomic E-state index is 5.85. The maximum Gasteiger partial charge on any atom is 0.157 e. The summed E-state index contributed by atoms with van der Waals surface area (Å²) < 4.78 is 11.5. The van der Waals surface area contributed by atoms with E-state index in [1.165, 1.54) is 36.4 Å². The molecule has 0 aliphatic carbocycles. The summed E-state index contributed by atoms with van der Waals surface area (Å²) in [5.74, 6) is 0. The molecule has 2 saturated heterocycles. The SMILES string of the molecule is Cc1nc([C@H]2CCCN2CCOC2CCCCO2)cs1. The molecule has 3 rings (SSSR count). The molecule has 4 nitrogen and oxygen atoms in total. The van der Waals surface area contributed by atoms with Crippen molar-refractivity contribution >= 4 is 11.3 Å². The Kier molecular flexibility index (Phi) is 5.04. The van der Waals surface area contributed by atoms with Crippen molar-refractivity contribution in [2.24, 2.45) is 0 Å². The molecular weight excluding hydrogens is 272 g/mol. The molecule has 20 heavy (non-hydrogen) atoms. The molecule has 0 N–H and O–H groups in total. The van der Waals surface area contributed by atoms with Crippen molar-refractivity contribution in [3.8, 4) is 0 Å². The third-order valence-corrected chi connectivity index (χ3v) is 4.95. The number of likely N-dealkylation sites (tertiary alicyclic amines) is 1. The van der Waals surface area contributed by atoms with Crippen LogP contribution in [0, 0.1) is 6.92 Å². The summed E-state index contributed by atoms with van der Waals surface area (Å²) in [6.07, 6.45) is 5.98. The first-order valence-corrected chi connectivity index (χ1v) is 8.60. The van der Waals surface area contributed by atoms with Crippen LogP contribution < -0.4 is 0 Å². The maximum atomic E-state index is 5.85. The molecule has 2 atom stereocenters. The van der Waals surface area contributed by atoms with Crippen LogP contribution in [-0.4, -0.2) is 42.5 Å². The summed E-state index contributed by atoms with van der Waals surface area (Å²) in [7, 11) is 0. The van der Waals surface area contributed by atoms with Crippen LogP contribution in [-0.2, 0) is 9.47 Å². The van der Waals surface area contributed by atoms with Crippen molar-refractivity contribution in [3.63, 3.8) is 0 Å². The Balaban J connectivity index is 1.46. The van der Waals surface area contributed by atoms with E-state index < -0.39 is 0 Å². The number of hydrogen-bond donors (Lipinski definition) is 0. The summed E-state index contributed by atoms with van der Waals surface area (Å²) in [6, 6.07) is 0.496. The Morgan fingerprint density at radius 3 is 3.10 bits per heavy atom. The van der Waals surface area contributed by atoms with Gasteiger partial charge < -0.3 is 9.47 Å². The van der Waals surface area contributed by atoms with Gasteiger partial charge in [0.1, 0.15) is 0 Å². The molecule has 0 amide bonds. The fourth-order valence-electron chi connectivity index (χ4n) is 3.11. The molecule has 2 aliphatic heterocycles. The molecule has 0 saturated carbocycles. The standard InChI is InChI=1S/C15H24N2O2S/c1-12-16-13(11-20-12)14-5-4-7-17(14)8-10-19-15-6-2-3-9-18-15/h11,14-15H,2-10H2,1H3/t14-,15?/m1/s1. The number of ether oxygens (including phenoxy) is 2. The van der Waals surface area contributed by atoms with Gasteiger partial charge in [-0.05, 0) is 45.6 Å². The van der Waals surface area contributed by atoms with Crippen molar-refractivity contribution < 1.29 is 9.47 Å². The summed E-state index contributed by atoms with van der Waals surface area (Å²) in [6.45, 7) is 5.85. The molecule has 5 heteroatoms. The van der Waals surface area contributed by atoms with Crippen LogP contribution in [0.4, 0.5) is 0 Å². The molecule has 3 heterocycles. The molecule has 0 spiro atoms. The Bertz CT molecular complexity index is 418. The first kappa shape index (κ1) is 14.4. The fourth-order valence-corrected chi connectivity index (χ4v) is 3.77. The average molecular weight is 296 g/mol. The van der Waals surface area contributed by atoms with Gasteiger partial charge >= 0.3 is 0 Å². The van der Waals surface area contributed by atoms with E-state index in [1.807, 2.05) is 0 Å². The van der Waals surface area contributed by atoms with Crippen LogP contribution in [0.15, 0.2) is 5.38 Å². The normalized spacial score (nSPS) is 28.1. The number of aromatic nitrogens is 1. The minimum absolute atomic E-state index is 0.0336. The van der Waals surface area contributed by atoms with Gasteiger partial charge in [-0.3, -0.25) is 4.90 Å². The van der Waals surface area contributed by atoms with Gasteiger partial charge in [0.05, 0.1) is 23.4 Å². The minimum atomic E-state index is 0.0336. The lowest BCUT2D eigenvalue weighted by atomic mass is 10.2. The van der Waals surface area contributed by atoms with Gasteiger partial charge in [0.15, 0.2) is 6.29 Å². The number of thiazole rings is 1. The van der Waals surface area contributed by atoms with E-state index in [0.717, 1.165) is 32.7 Å². The molecule has 0 radical (unpaired) electrons. The molecule has 2 aliphatic rings. The molecule has 0 aromatic carbocycles. The molecule has 0 bridgehead atoms. The van der Waals surface area contributed by atoms with Crippen LogP contribution in [0.2, 0.25) is 0 Å². The van der Waals surface area contributed by atoms with Crippen molar-refractivity contribution in [3.05, 3.63) is 16.1 Å². The van der Waals surface area contributed by atoms with E-state index in [-0.39, 0.29) is 6.29 Å². The molecule has 1 aromatic rings. The van der Waals surface area contributed by atoms with Crippen molar-refractivity contribution in [1.82, 2.24) is 9.88 Å². The van der Waals surface area contributed by atoms with Gasteiger partial charge in [-0.1, -0.05) is 0 Å². The van der Waals surface area contributed by atoms with E-state index >= 15 is 0 Å². The molecule has 1 unspecified atom stereocenters. The summed E-state index contributed by atoms with van der Waals surface area (Å²) >= 11 is 1.75. The first-order valence-electron chi connectivity index (χ1n) is 7.72. The lowest BCUT2D eigenvalue weighted by Crippen LogP contribution is -2.30. The quantitative estimate of drug-likeness (QED) is 0.836. The monoisotopic (exact) mass is 296 g/mol. The minimum Gasteiger partial charge on any atom is -0.353 e. The number of hydrogen-bond acceptors (Lipinski definition) is 5. The van der Waals surface area contributed by atoms with Crippen LogP contribution in [0.1, 0.15) is 48.8 Å². The van der Waals surface area contributed by atoms with Gasteiger partial charge in [0.2, 0.25) is 0 Å². The Morgan fingerprint density at radius 1 is 1.40 bits per heavy atom. The second kappa shape index (κ2) is 6.98. The largest absolute Gasteiger partial charge is 0.353 e. The van der Waals surface area contributed by atoms with E-state index in [4.69, 9.17) is 9.47 Å². The van der Waals surface area contributed by atoms with Crippen LogP contribution in [0.5, 0.6) is 0 Å². The zero-order valence-corrected chi connectivity index (χ0v) is 13.0. The highest BCUT2D eigenvalue weighted by molar-refractivity contribution is 7.09. The zero-order valence-electron chi connectivity index (χ0n) is 12.2. The molecule has 1 aromatic heterocycles. The predicted octanol–water partition coefficient (Wildman–Crippen LogP) is 3.13. The third-order valence-electron chi connectivity index (χ3n) is 4.16.